The Labute approximate surface area is 138 Å². The Morgan fingerprint density at radius 3 is 2.50 bits per heavy atom. The van der Waals surface area contributed by atoms with Crippen molar-refractivity contribution in [2.45, 2.75) is 31.7 Å². The molecule has 0 fully saturated rings. The van der Waals surface area contributed by atoms with Crippen LogP contribution in [0.25, 0.3) is 0 Å². The van der Waals surface area contributed by atoms with Crippen LogP contribution in [-0.2, 0) is 14.8 Å². The summed E-state index contributed by atoms with van der Waals surface area (Å²) in [6, 6.07) is 4.17. The predicted octanol–water partition coefficient (Wildman–Crippen LogP) is 1.56. The molecule has 0 aromatic heterocycles. The summed E-state index contributed by atoms with van der Waals surface area (Å²) in [5, 5.41) is 0. The van der Waals surface area contributed by atoms with Crippen LogP contribution >= 0.6 is 12.4 Å². The van der Waals surface area contributed by atoms with Crippen molar-refractivity contribution in [1.29, 1.82) is 0 Å². The summed E-state index contributed by atoms with van der Waals surface area (Å²) >= 11 is 0. The number of halogens is 1. The van der Waals surface area contributed by atoms with Gasteiger partial charge in [-0.25, -0.2) is 13.2 Å². The molecule has 0 amide bonds. The van der Waals surface area contributed by atoms with E-state index in [2.05, 4.69) is 0 Å². The maximum Gasteiger partial charge on any atom is 0.338 e. The second kappa shape index (κ2) is 8.47. The number of ether oxygens (including phenoxy) is 1. The number of carbonyl (C=O) groups excluding carboxylic acids is 1. The number of rotatable bonds is 6. The van der Waals surface area contributed by atoms with E-state index in [1.165, 1.54) is 17.4 Å². The number of carbonyl (C=O) groups is 1. The molecule has 0 aliphatic heterocycles. The summed E-state index contributed by atoms with van der Waals surface area (Å²) in [4.78, 5) is 11.8. The molecule has 1 unspecified atom stereocenters. The van der Waals surface area contributed by atoms with Crippen molar-refractivity contribution >= 4 is 28.4 Å². The number of nitrogens with zero attached hydrogens (tertiary/aromatic N) is 1. The van der Waals surface area contributed by atoms with Gasteiger partial charge in [-0.3, -0.25) is 0 Å². The zero-order valence-electron chi connectivity index (χ0n) is 13.2. The number of sulfonamides is 1. The van der Waals surface area contributed by atoms with Gasteiger partial charge in [-0.2, -0.15) is 4.31 Å². The predicted molar refractivity (Wildman–Crippen MR) is 87.8 cm³/mol. The largest absolute Gasteiger partial charge is 0.462 e. The first-order chi connectivity index (χ1) is 9.75. The van der Waals surface area contributed by atoms with Crippen LogP contribution < -0.4 is 5.73 Å². The lowest BCUT2D eigenvalue weighted by atomic mass is 10.1. The molecule has 1 aromatic rings. The van der Waals surface area contributed by atoms with Crippen molar-refractivity contribution in [2.24, 2.45) is 5.73 Å². The highest BCUT2D eigenvalue weighted by atomic mass is 35.5. The highest BCUT2D eigenvalue weighted by Gasteiger charge is 2.27. The molecule has 0 radical (unpaired) electrons. The van der Waals surface area contributed by atoms with E-state index in [1.54, 1.807) is 32.9 Å². The van der Waals surface area contributed by atoms with Gasteiger partial charge in [0.15, 0.2) is 0 Å². The van der Waals surface area contributed by atoms with Gasteiger partial charge in [-0.15, -0.1) is 12.4 Å². The van der Waals surface area contributed by atoms with Crippen LogP contribution in [0, 0.1) is 6.92 Å². The highest BCUT2D eigenvalue weighted by Crippen LogP contribution is 2.22. The molecule has 1 atom stereocenters. The van der Waals surface area contributed by atoms with Gasteiger partial charge < -0.3 is 10.5 Å². The van der Waals surface area contributed by atoms with Crippen molar-refractivity contribution in [1.82, 2.24) is 4.31 Å². The van der Waals surface area contributed by atoms with Crippen molar-refractivity contribution < 1.29 is 17.9 Å². The average Bonchev–Trinajstić information content (AvgIpc) is 2.45. The highest BCUT2D eigenvalue weighted by molar-refractivity contribution is 7.89. The minimum atomic E-state index is -3.71. The van der Waals surface area contributed by atoms with Gasteiger partial charge in [-0.1, -0.05) is 6.07 Å². The van der Waals surface area contributed by atoms with Crippen LogP contribution in [0.15, 0.2) is 23.1 Å². The minimum Gasteiger partial charge on any atom is -0.462 e. The third-order valence-corrected chi connectivity index (χ3v) is 5.43. The molecule has 0 saturated carbocycles. The van der Waals surface area contributed by atoms with Gasteiger partial charge in [0, 0.05) is 19.6 Å². The van der Waals surface area contributed by atoms with Crippen molar-refractivity contribution in [3.8, 4) is 0 Å². The summed E-state index contributed by atoms with van der Waals surface area (Å²) in [5.41, 5.74) is 6.31. The van der Waals surface area contributed by atoms with E-state index >= 15 is 0 Å². The van der Waals surface area contributed by atoms with Crippen LogP contribution in [-0.4, -0.2) is 44.9 Å². The topological polar surface area (TPSA) is 89.7 Å². The molecule has 8 heteroatoms. The standard InChI is InChI=1S/C14H22N2O4S.ClH/c1-5-20-14(17)12-7-6-10(2)13(8-12)21(18,19)16(4)11(3)9-15;/h6-8,11H,5,9,15H2,1-4H3;1H. The second-order valence-corrected chi connectivity index (χ2v) is 6.77. The lowest BCUT2D eigenvalue weighted by Crippen LogP contribution is -2.39. The first-order valence-corrected chi connectivity index (χ1v) is 8.15. The zero-order valence-corrected chi connectivity index (χ0v) is 14.8. The number of hydrogen-bond acceptors (Lipinski definition) is 5. The van der Waals surface area contributed by atoms with E-state index < -0.39 is 16.0 Å². The average molecular weight is 351 g/mol. The van der Waals surface area contributed by atoms with E-state index in [1.807, 2.05) is 0 Å². The number of esters is 1. The lowest BCUT2D eigenvalue weighted by molar-refractivity contribution is 0.0526. The normalized spacial score (nSPS) is 12.6. The maximum absolute atomic E-state index is 12.6. The third-order valence-electron chi connectivity index (χ3n) is 3.32. The summed E-state index contributed by atoms with van der Waals surface area (Å²) in [5.74, 6) is -0.538. The van der Waals surface area contributed by atoms with Gasteiger partial charge in [0.05, 0.1) is 17.1 Å². The second-order valence-electron chi connectivity index (χ2n) is 4.81. The Morgan fingerprint density at radius 1 is 1.41 bits per heavy atom. The Hall–Kier alpha value is -1.15. The van der Waals surface area contributed by atoms with Gasteiger partial charge in [-0.05, 0) is 38.5 Å². The van der Waals surface area contributed by atoms with Crippen LogP contribution in [0.3, 0.4) is 0 Å². The molecule has 1 aromatic carbocycles. The van der Waals surface area contributed by atoms with Crippen molar-refractivity contribution in [3.05, 3.63) is 29.3 Å². The fraction of sp³-hybridized carbons (Fsp3) is 0.500. The number of aryl methyl sites for hydroxylation is 1. The zero-order chi connectivity index (χ0) is 16.2. The summed E-state index contributed by atoms with van der Waals surface area (Å²) < 4.78 is 31.3. The molecule has 1 rings (SSSR count). The number of hydrogen-bond donors (Lipinski definition) is 1. The fourth-order valence-corrected chi connectivity index (χ4v) is 3.38. The minimum absolute atomic E-state index is 0. The molecular formula is C14H23ClN2O4S. The molecule has 0 bridgehead atoms. The molecule has 22 heavy (non-hydrogen) atoms. The molecule has 2 N–H and O–H groups in total. The first kappa shape index (κ1) is 20.9. The van der Waals surface area contributed by atoms with E-state index in [9.17, 15) is 13.2 Å². The number of benzene rings is 1. The summed E-state index contributed by atoms with van der Waals surface area (Å²) in [6.07, 6.45) is 0. The van der Waals surface area contributed by atoms with E-state index in [0.29, 0.717) is 5.56 Å². The van der Waals surface area contributed by atoms with E-state index in [4.69, 9.17) is 10.5 Å². The molecule has 126 valence electrons. The molecule has 0 aliphatic rings. The van der Waals surface area contributed by atoms with Gasteiger partial charge in [0.25, 0.3) is 0 Å². The quantitative estimate of drug-likeness (QED) is 0.786. The number of nitrogens with two attached hydrogens (primary N) is 1. The number of likely N-dealkylation sites (N-methyl/N-ethyl adjacent to an activating group) is 1. The molecular weight excluding hydrogens is 328 g/mol. The Morgan fingerprint density at radius 2 is 2.00 bits per heavy atom. The van der Waals surface area contributed by atoms with Crippen LogP contribution in [0.2, 0.25) is 0 Å². The van der Waals surface area contributed by atoms with Crippen LogP contribution in [0.1, 0.15) is 29.8 Å². The van der Waals surface area contributed by atoms with E-state index in [-0.39, 0.29) is 42.1 Å². The smallest absolute Gasteiger partial charge is 0.338 e. The molecule has 0 heterocycles. The van der Waals surface area contributed by atoms with Crippen LogP contribution in [0.4, 0.5) is 0 Å². The van der Waals surface area contributed by atoms with Crippen LogP contribution in [0.5, 0.6) is 0 Å². The SMILES string of the molecule is CCOC(=O)c1ccc(C)c(S(=O)(=O)N(C)C(C)CN)c1.Cl. The maximum atomic E-state index is 12.6. The molecule has 6 nitrogen and oxygen atoms in total. The lowest BCUT2D eigenvalue weighted by Gasteiger charge is -2.24. The van der Waals surface area contributed by atoms with Gasteiger partial charge in [0.1, 0.15) is 0 Å². The van der Waals surface area contributed by atoms with E-state index in [0.717, 1.165) is 0 Å². The summed E-state index contributed by atoms with van der Waals surface area (Å²) in [6.45, 7) is 5.55. The third kappa shape index (κ3) is 4.42. The molecule has 0 saturated heterocycles. The Balaban J connectivity index is 0.00000441. The Bertz CT molecular complexity index is 619. The van der Waals surface area contributed by atoms with Crippen molar-refractivity contribution in [2.75, 3.05) is 20.2 Å². The Kier molecular flexibility index (Phi) is 8.03. The molecule has 0 spiro atoms. The van der Waals surface area contributed by atoms with Crippen molar-refractivity contribution in [3.63, 3.8) is 0 Å². The monoisotopic (exact) mass is 350 g/mol. The first-order valence-electron chi connectivity index (χ1n) is 6.71. The van der Waals surface area contributed by atoms with Gasteiger partial charge >= 0.3 is 5.97 Å². The molecule has 0 aliphatic carbocycles. The van der Waals surface area contributed by atoms with Gasteiger partial charge in [0.2, 0.25) is 10.0 Å². The fourth-order valence-electron chi connectivity index (χ4n) is 1.76. The summed E-state index contributed by atoms with van der Waals surface area (Å²) in [7, 11) is -2.23.